The van der Waals surface area contributed by atoms with E-state index >= 15 is 0 Å². The van der Waals surface area contributed by atoms with Gasteiger partial charge in [-0.3, -0.25) is 9.58 Å². The van der Waals surface area contributed by atoms with Gasteiger partial charge < -0.3 is 4.98 Å². The van der Waals surface area contributed by atoms with Crippen LogP contribution in [0.1, 0.15) is 37.2 Å². The van der Waals surface area contributed by atoms with E-state index in [1.54, 1.807) is 6.07 Å². The molecule has 0 saturated carbocycles. The number of rotatable bonds is 4. The second kappa shape index (κ2) is 6.36. The molecular formula is C18H22FN5. The lowest BCUT2D eigenvalue weighted by Gasteiger charge is -2.30. The number of H-pyrrole nitrogens is 1. The first kappa shape index (κ1) is 15.3. The summed E-state index contributed by atoms with van der Waals surface area (Å²) >= 11 is 0. The number of aromatic amines is 1. The van der Waals surface area contributed by atoms with E-state index < -0.39 is 0 Å². The Balaban J connectivity index is 1.39. The third-order valence-electron chi connectivity index (χ3n) is 4.84. The molecule has 3 aromatic rings. The minimum Gasteiger partial charge on any atom is -0.342 e. The summed E-state index contributed by atoms with van der Waals surface area (Å²) in [5.41, 5.74) is 2.77. The maximum atomic E-state index is 13.3. The lowest BCUT2D eigenvalue weighted by molar-refractivity contribution is 0.199. The van der Waals surface area contributed by atoms with Gasteiger partial charge in [0.15, 0.2) is 0 Å². The predicted octanol–water partition coefficient (Wildman–Crippen LogP) is 3.30. The van der Waals surface area contributed by atoms with E-state index in [4.69, 9.17) is 0 Å². The minimum absolute atomic E-state index is 0.223. The summed E-state index contributed by atoms with van der Waals surface area (Å²) in [7, 11) is 0. The number of likely N-dealkylation sites (tertiary alicyclic amines) is 1. The van der Waals surface area contributed by atoms with Crippen molar-refractivity contribution >= 4 is 11.0 Å². The van der Waals surface area contributed by atoms with Crippen molar-refractivity contribution in [1.29, 1.82) is 0 Å². The molecule has 1 aliphatic rings. The number of aromatic nitrogens is 4. The van der Waals surface area contributed by atoms with E-state index in [2.05, 4.69) is 33.0 Å². The fraction of sp³-hybridized carbons (Fsp3) is 0.444. The number of halogens is 1. The highest BCUT2D eigenvalue weighted by molar-refractivity contribution is 5.75. The molecule has 2 aromatic heterocycles. The van der Waals surface area contributed by atoms with Crippen LogP contribution in [0.4, 0.5) is 4.39 Å². The molecule has 1 aliphatic heterocycles. The molecule has 24 heavy (non-hydrogen) atoms. The Bertz CT molecular complexity index is 829. The van der Waals surface area contributed by atoms with Gasteiger partial charge in [0.25, 0.3) is 0 Å². The number of nitrogens with one attached hydrogen (secondary N) is 1. The quantitative estimate of drug-likeness (QED) is 0.800. The smallest absolute Gasteiger partial charge is 0.125 e. The van der Waals surface area contributed by atoms with Gasteiger partial charge in [-0.2, -0.15) is 5.10 Å². The van der Waals surface area contributed by atoms with Crippen molar-refractivity contribution in [2.75, 3.05) is 13.1 Å². The Labute approximate surface area is 140 Å². The molecule has 0 spiro atoms. The largest absolute Gasteiger partial charge is 0.342 e. The number of fused-ring (bicyclic) bond motifs is 1. The minimum atomic E-state index is -0.223. The van der Waals surface area contributed by atoms with Crippen LogP contribution in [0, 0.1) is 5.82 Å². The highest BCUT2D eigenvalue weighted by Crippen LogP contribution is 2.28. The highest BCUT2D eigenvalue weighted by Gasteiger charge is 2.23. The van der Waals surface area contributed by atoms with Gasteiger partial charge in [0.2, 0.25) is 0 Å². The van der Waals surface area contributed by atoms with Crippen LogP contribution in [0.15, 0.2) is 30.5 Å². The number of benzene rings is 1. The average Bonchev–Trinajstić information content (AvgIpc) is 3.21. The Morgan fingerprint density at radius 2 is 2.08 bits per heavy atom. The van der Waals surface area contributed by atoms with Crippen LogP contribution in [0.5, 0.6) is 0 Å². The second-order valence-corrected chi connectivity index (χ2v) is 6.50. The first-order chi connectivity index (χ1) is 11.7. The number of aryl methyl sites for hydroxylation is 1. The van der Waals surface area contributed by atoms with Gasteiger partial charge in [-0.15, -0.1) is 0 Å². The molecule has 3 heterocycles. The standard InChI is InChI=1S/C18H22FN5/c1-2-24-10-7-15(22-24)12-23-8-5-13(6-9-23)18-20-16-4-3-14(19)11-17(16)21-18/h3-4,7,10-11,13H,2,5-6,8-9,12H2,1H3,(H,20,21). The fourth-order valence-electron chi connectivity index (χ4n) is 3.45. The summed E-state index contributed by atoms with van der Waals surface area (Å²) in [6.45, 7) is 5.99. The number of hydrogen-bond donors (Lipinski definition) is 1. The number of piperidine rings is 1. The maximum absolute atomic E-state index is 13.3. The molecule has 0 bridgehead atoms. The van der Waals surface area contributed by atoms with Crippen LogP contribution in [-0.4, -0.2) is 37.7 Å². The van der Waals surface area contributed by atoms with Crippen molar-refractivity contribution < 1.29 is 4.39 Å². The Kier molecular flexibility index (Phi) is 4.06. The molecular weight excluding hydrogens is 305 g/mol. The number of hydrogen-bond acceptors (Lipinski definition) is 3. The zero-order chi connectivity index (χ0) is 16.5. The lowest BCUT2D eigenvalue weighted by Crippen LogP contribution is -2.32. The van der Waals surface area contributed by atoms with E-state index in [0.29, 0.717) is 5.92 Å². The van der Waals surface area contributed by atoms with Crippen molar-refractivity contribution in [3.8, 4) is 0 Å². The van der Waals surface area contributed by atoms with Crippen molar-refractivity contribution in [2.45, 2.75) is 38.8 Å². The highest BCUT2D eigenvalue weighted by atomic mass is 19.1. The van der Waals surface area contributed by atoms with E-state index in [0.717, 1.165) is 61.6 Å². The normalized spacial score (nSPS) is 16.9. The molecule has 6 heteroatoms. The van der Waals surface area contributed by atoms with Gasteiger partial charge in [0, 0.05) is 25.2 Å². The van der Waals surface area contributed by atoms with Crippen molar-refractivity contribution in [3.05, 3.63) is 47.8 Å². The zero-order valence-corrected chi connectivity index (χ0v) is 13.9. The third kappa shape index (κ3) is 3.06. The molecule has 0 radical (unpaired) electrons. The van der Waals surface area contributed by atoms with Gasteiger partial charge in [0.1, 0.15) is 11.6 Å². The number of nitrogens with zero attached hydrogens (tertiary/aromatic N) is 4. The number of imidazole rings is 1. The van der Waals surface area contributed by atoms with Crippen molar-refractivity contribution in [1.82, 2.24) is 24.6 Å². The summed E-state index contributed by atoms with van der Waals surface area (Å²) in [4.78, 5) is 10.4. The summed E-state index contributed by atoms with van der Waals surface area (Å²) < 4.78 is 15.3. The summed E-state index contributed by atoms with van der Waals surface area (Å²) in [5, 5.41) is 4.56. The van der Waals surface area contributed by atoms with Crippen LogP contribution >= 0.6 is 0 Å². The monoisotopic (exact) mass is 327 g/mol. The molecule has 0 atom stereocenters. The molecule has 4 rings (SSSR count). The van der Waals surface area contributed by atoms with Gasteiger partial charge >= 0.3 is 0 Å². The summed E-state index contributed by atoms with van der Waals surface area (Å²) in [6, 6.07) is 6.82. The van der Waals surface area contributed by atoms with Gasteiger partial charge in [0.05, 0.1) is 16.7 Å². The van der Waals surface area contributed by atoms with Gasteiger partial charge in [-0.1, -0.05) is 0 Å². The second-order valence-electron chi connectivity index (χ2n) is 6.50. The van der Waals surface area contributed by atoms with Gasteiger partial charge in [-0.25, -0.2) is 9.37 Å². The molecule has 0 aliphatic carbocycles. The van der Waals surface area contributed by atoms with Crippen molar-refractivity contribution in [3.63, 3.8) is 0 Å². The maximum Gasteiger partial charge on any atom is 0.125 e. The van der Waals surface area contributed by atoms with Crippen LogP contribution in [0.25, 0.3) is 11.0 Å². The average molecular weight is 327 g/mol. The fourth-order valence-corrected chi connectivity index (χ4v) is 3.45. The molecule has 126 valence electrons. The molecule has 0 unspecified atom stereocenters. The summed E-state index contributed by atoms with van der Waals surface area (Å²) in [5.74, 6) is 1.19. The Hall–Kier alpha value is -2.21. The zero-order valence-electron chi connectivity index (χ0n) is 13.9. The van der Waals surface area contributed by atoms with Crippen LogP contribution < -0.4 is 0 Å². The van der Waals surface area contributed by atoms with Crippen LogP contribution in [0.2, 0.25) is 0 Å². The first-order valence-electron chi connectivity index (χ1n) is 8.61. The Morgan fingerprint density at radius 1 is 1.25 bits per heavy atom. The van der Waals surface area contributed by atoms with Gasteiger partial charge in [-0.05, 0) is 57.1 Å². The Morgan fingerprint density at radius 3 is 2.83 bits per heavy atom. The SMILES string of the molecule is CCn1ccc(CN2CCC(c3nc4ccc(F)cc4[nH]3)CC2)n1. The third-order valence-corrected chi connectivity index (χ3v) is 4.84. The predicted molar refractivity (Wildman–Crippen MR) is 91.2 cm³/mol. The molecule has 1 fully saturated rings. The van der Waals surface area contributed by atoms with E-state index in [9.17, 15) is 4.39 Å². The molecule has 1 saturated heterocycles. The topological polar surface area (TPSA) is 49.7 Å². The summed E-state index contributed by atoms with van der Waals surface area (Å²) in [6.07, 6.45) is 4.17. The van der Waals surface area contributed by atoms with Crippen LogP contribution in [-0.2, 0) is 13.1 Å². The van der Waals surface area contributed by atoms with Crippen molar-refractivity contribution in [2.24, 2.45) is 0 Å². The molecule has 0 amide bonds. The van der Waals surface area contributed by atoms with E-state index in [1.807, 2.05) is 10.9 Å². The molecule has 5 nitrogen and oxygen atoms in total. The van der Waals surface area contributed by atoms with Crippen LogP contribution in [0.3, 0.4) is 0 Å². The lowest BCUT2D eigenvalue weighted by atomic mass is 9.96. The molecule has 1 N–H and O–H groups in total. The van der Waals surface area contributed by atoms with E-state index in [1.165, 1.54) is 12.1 Å². The first-order valence-corrected chi connectivity index (χ1v) is 8.61. The van der Waals surface area contributed by atoms with E-state index in [-0.39, 0.29) is 5.82 Å². The molecule has 1 aromatic carbocycles.